The zero-order valence-electron chi connectivity index (χ0n) is 38.9. The van der Waals surface area contributed by atoms with Crippen LogP contribution in [0.2, 0.25) is 0 Å². The standard InChI is InChI=1S/C41H55F3N12O14S3/c1-3-5-27(59)67-37-30(61)32(71-36(63)21(45)6-7-26(57)58)38(69-37)70-39-29(60)28(53-73(47,65)66)31(68-35(62)22(46)10-19-11-48-17-52-19)34(72-39)55-9-8-23-33(55)50-13-25-49-12-24(56(23)25)20-15-54(14-18(20)4-2)40(64)51-16-41(42,43)44/h8-9,11-13,17-18,20-22,28-32,34,37-39,53,60-61H,3-7,10,14-16,45-46H2,1-2H3,(H,48,52)(H,51,64)(H,57,58)(H2,47,65,66)/t18-,20+,21+,22+,28-,29-,30+,31+,32+,34-,37+,38-,39+/m1/s1. The minimum absolute atomic E-state index is 0.0311. The van der Waals surface area contributed by atoms with Crippen LogP contribution < -0.4 is 26.6 Å². The highest BCUT2D eigenvalue weighted by molar-refractivity contribution is 8.14. The van der Waals surface area contributed by atoms with Gasteiger partial charge in [0, 0.05) is 68.2 Å². The minimum atomic E-state index is -4.79. The van der Waals surface area contributed by atoms with Crippen LogP contribution >= 0.6 is 23.5 Å². The Balaban J connectivity index is 1.28. The first-order valence-corrected chi connectivity index (χ1v) is 26.2. The summed E-state index contributed by atoms with van der Waals surface area (Å²) in [5, 5.41) is 36.6. The molecule has 3 saturated heterocycles. The Labute approximate surface area is 422 Å². The molecule has 73 heavy (non-hydrogen) atoms. The number of nitrogens with two attached hydrogens (primary N) is 3. The number of amides is 2. The number of carboxylic acids is 1. The van der Waals surface area contributed by atoms with Crippen LogP contribution in [0.4, 0.5) is 18.0 Å². The lowest BCUT2D eigenvalue weighted by atomic mass is 9.91. The molecule has 2 amide bonds. The number of nitrogens with zero attached hydrogens (tertiary/aromatic N) is 6. The van der Waals surface area contributed by atoms with Crippen molar-refractivity contribution in [3.8, 4) is 0 Å². The number of aliphatic hydroxyl groups excluding tert-OH is 2. The van der Waals surface area contributed by atoms with E-state index in [-0.39, 0.29) is 43.9 Å². The Hall–Kier alpha value is -5.16. The molecule has 0 radical (unpaired) electrons. The van der Waals surface area contributed by atoms with Gasteiger partial charge in [-0.15, -0.1) is 0 Å². The number of hydrogen-bond acceptors (Lipinski definition) is 20. The molecule has 32 heteroatoms. The maximum absolute atomic E-state index is 13.9. The third-order valence-corrected chi connectivity index (χ3v) is 15.7. The van der Waals surface area contributed by atoms with Gasteiger partial charge < -0.3 is 65.5 Å². The number of nitrogens with one attached hydrogen (secondary N) is 3. The number of aromatic nitrogens is 6. The van der Waals surface area contributed by atoms with Crippen molar-refractivity contribution in [3.05, 3.63) is 48.6 Å². The fourth-order valence-electron chi connectivity index (χ4n) is 8.78. The quantitative estimate of drug-likeness (QED) is 0.0522. The van der Waals surface area contributed by atoms with Gasteiger partial charge in [0.1, 0.15) is 35.6 Å². The van der Waals surface area contributed by atoms with Gasteiger partial charge in [-0.05, 0) is 24.8 Å². The van der Waals surface area contributed by atoms with Crippen LogP contribution in [0, 0.1) is 5.92 Å². The van der Waals surface area contributed by atoms with E-state index in [0.717, 1.165) is 11.8 Å². The van der Waals surface area contributed by atoms with E-state index in [4.69, 9.17) is 35.6 Å². The highest BCUT2D eigenvalue weighted by Crippen LogP contribution is 2.46. The minimum Gasteiger partial charge on any atom is -0.481 e. The topological polar surface area (TPSA) is 386 Å². The summed E-state index contributed by atoms with van der Waals surface area (Å²) in [7, 11) is -4.79. The van der Waals surface area contributed by atoms with Crippen molar-refractivity contribution in [1.29, 1.82) is 0 Å². The molecule has 0 aliphatic carbocycles. The van der Waals surface area contributed by atoms with Crippen molar-refractivity contribution < 1.29 is 79.8 Å². The van der Waals surface area contributed by atoms with Crippen molar-refractivity contribution >= 4 is 79.6 Å². The monoisotopic (exact) mass is 1090 g/mol. The molecule has 12 N–H and O–H groups in total. The van der Waals surface area contributed by atoms with Crippen LogP contribution in [0.1, 0.15) is 68.6 Å². The van der Waals surface area contributed by atoms with Gasteiger partial charge in [0.15, 0.2) is 23.7 Å². The number of esters is 2. The van der Waals surface area contributed by atoms with E-state index in [1.807, 2.05) is 12.2 Å². The molecular weight excluding hydrogens is 1040 g/mol. The molecule has 0 bridgehead atoms. The molecule has 0 unspecified atom stereocenters. The highest BCUT2D eigenvalue weighted by atomic mass is 32.2. The average Bonchev–Trinajstić information content (AvgIpc) is 4.18. The number of halogens is 3. The van der Waals surface area contributed by atoms with Gasteiger partial charge in [-0.25, -0.2) is 24.9 Å². The van der Waals surface area contributed by atoms with Crippen LogP contribution in [0.15, 0.2) is 37.2 Å². The number of alkyl halides is 3. The number of aliphatic carboxylic acids is 1. The summed E-state index contributed by atoms with van der Waals surface area (Å²) in [6.07, 6.45) is -6.49. The summed E-state index contributed by atoms with van der Waals surface area (Å²) < 4.78 is 93.9. The van der Waals surface area contributed by atoms with Gasteiger partial charge in [0.05, 0.1) is 35.4 Å². The lowest BCUT2D eigenvalue weighted by molar-refractivity contribution is -0.227. The van der Waals surface area contributed by atoms with E-state index in [1.54, 1.807) is 23.6 Å². The maximum Gasteiger partial charge on any atom is 0.405 e. The van der Waals surface area contributed by atoms with Gasteiger partial charge in [0.2, 0.25) is 11.4 Å². The number of carboxylic acid groups (broad SMARTS) is 1. The number of likely N-dealkylation sites (tertiary alicyclic amines) is 1. The number of H-pyrrole nitrogens is 1. The van der Waals surface area contributed by atoms with Crippen molar-refractivity contribution in [1.82, 2.24) is 43.8 Å². The number of carbonyl (C=O) groups excluding carboxylic acids is 4. The van der Waals surface area contributed by atoms with Crippen LogP contribution in [0.3, 0.4) is 0 Å². The molecule has 4 aromatic heterocycles. The van der Waals surface area contributed by atoms with Gasteiger partial charge in [-0.2, -0.15) is 26.3 Å². The summed E-state index contributed by atoms with van der Waals surface area (Å²) in [6, 6.07) is -3.90. The second-order valence-corrected chi connectivity index (χ2v) is 21.3. The van der Waals surface area contributed by atoms with E-state index in [9.17, 15) is 60.9 Å². The van der Waals surface area contributed by atoms with Crippen LogP contribution in [-0.2, 0) is 54.8 Å². The summed E-state index contributed by atoms with van der Waals surface area (Å²) >= 11 is 1.15. The first-order valence-electron chi connectivity index (χ1n) is 22.8. The van der Waals surface area contributed by atoms with Gasteiger partial charge in [0.25, 0.3) is 10.2 Å². The lowest BCUT2D eigenvalue weighted by Crippen LogP contribution is -2.62. The Bertz CT molecular complexity index is 2740. The molecule has 3 aliphatic heterocycles. The number of urea groups is 1. The number of thioether (sulfide) groups is 2. The molecule has 26 nitrogen and oxygen atoms in total. The molecule has 4 aromatic rings. The first kappa shape index (κ1) is 55.6. The second-order valence-electron chi connectivity index (χ2n) is 17.6. The molecule has 3 aliphatic rings. The molecule has 0 aromatic carbocycles. The summed E-state index contributed by atoms with van der Waals surface area (Å²) in [6.45, 7) is 2.22. The fraction of sp³-hybridized carbons (Fsp3) is 0.610. The normalized spacial score (nSPS) is 27.5. The van der Waals surface area contributed by atoms with Gasteiger partial charge in [-0.3, -0.25) is 23.6 Å². The third kappa shape index (κ3) is 13.2. The number of carbonyl (C=O) groups is 5. The third-order valence-electron chi connectivity index (χ3n) is 12.3. The number of fused-ring (bicyclic) bond motifs is 3. The predicted octanol–water partition coefficient (Wildman–Crippen LogP) is -0.0960. The molecule has 7 rings (SSSR count). The second kappa shape index (κ2) is 23.2. The molecular formula is C41H55F3N12O14S3. The van der Waals surface area contributed by atoms with E-state index >= 15 is 0 Å². The summed E-state index contributed by atoms with van der Waals surface area (Å²) in [5.41, 5.74) is 12.5. The summed E-state index contributed by atoms with van der Waals surface area (Å²) in [5.74, 6) is -3.74. The van der Waals surface area contributed by atoms with E-state index in [0.29, 0.717) is 47.2 Å². The first-order chi connectivity index (χ1) is 34.5. The lowest BCUT2D eigenvalue weighted by Gasteiger charge is -2.44. The number of imidazole rings is 2. The van der Waals surface area contributed by atoms with Crippen LogP contribution in [0.25, 0.3) is 16.8 Å². The highest BCUT2D eigenvalue weighted by Gasteiger charge is 2.55. The van der Waals surface area contributed by atoms with E-state index in [1.165, 1.54) is 34.4 Å². The Kier molecular flexibility index (Phi) is 17.6. The van der Waals surface area contributed by atoms with Crippen molar-refractivity contribution in [2.75, 3.05) is 19.6 Å². The molecule has 3 fully saturated rings. The SMILES string of the molecule is CCCC(=O)O[C@H]1O[C@H](O[C@H]2S[C@@H](n3ccc4c3ncc3ncc([C@H]5CN(C(=O)NCC(F)(F)F)C[C@H]5CC)n34)[C@@H](OC(=O)[C@@H](N)Cc3cnc[nH]3)[C@H](NS(N)(=O)=O)[C@H]2O)[C@@H](SC(=O)[C@@H](N)CCC(=O)O)[C@@H]1O. The smallest absolute Gasteiger partial charge is 0.405 e. The molecule has 13 atom stereocenters. The zero-order chi connectivity index (χ0) is 53.1. The van der Waals surface area contributed by atoms with Crippen LogP contribution in [0.5, 0.6) is 0 Å². The largest absolute Gasteiger partial charge is 0.481 e. The molecule has 0 spiro atoms. The van der Waals surface area contributed by atoms with E-state index < -0.39 is 129 Å². The predicted molar refractivity (Wildman–Crippen MR) is 251 cm³/mol. The Morgan fingerprint density at radius 1 is 1.04 bits per heavy atom. The van der Waals surface area contributed by atoms with Crippen LogP contribution in [-0.4, -0.2) is 172 Å². The number of aliphatic hydroxyl groups is 2. The maximum atomic E-state index is 13.9. The Morgan fingerprint density at radius 3 is 2.45 bits per heavy atom. The molecule has 7 heterocycles. The fourth-order valence-corrected chi connectivity index (χ4v) is 12.0. The molecule has 0 saturated carbocycles. The zero-order valence-corrected chi connectivity index (χ0v) is 41.4. The van der Waals surface area contributed by atoms with E-state index in [2.05, 4.69) is 24.7 Å². The number of ether oxygens (including phenoxy) is 4. The number of hydrogen-bond donors (Lipinski definition) is 9. The number of rotatable bonds is 20. The van der Waals surface area contributed by atoms with Crippen molar-refractivity contribution in [2.24, 2.45) is 22.5 Å². The van der Waals surface area contributed by atoms with Gasteiger partial charge in [-0.1, -0.05) is 43.8 Å². The summed E-state index contributed by atoms with van der Waals surface area (Å²) in [4.78, 5) is 81.4. The van der Waals surface area contributed by atoms with Crippen molar-refractivity contribution in [3.63, 3.8) is 0 Å². The van der Waals surface area contributed by atoms with Gasteiger partial charge >= 0.3 is 30.1 Å². The van der Waals surface area contributed by atoms with Crippen molar-refractivity contribution in [2.45, 2.75) is 130 Å². The average molecular weight is 1090 g/mol. The Morgan fingerprint density at radius 2 is 1.79 bits per heavy atom. The number of aromatic amines is 1. The molecule has 402 valence electrons.